The highest BCUT2D eigenvalue weighted by molar-refractivity contribution is 9.10. The van der Waals surface area contributed by atoms with E-state index in [-0.39, 0.29) is 42.4 Å². The van der Waals surface area contributed by atoms with E-state index >= 15 is 0 Å². The van der Waals surface area contributed by atoms with Crippen LogP contribution in [0.1, 0.15) is 26.3 Å². The number of halogens is 3. The summed E-state index contributed by atoms with van der Waals surface area (Å²) in [6.07, 6.45) is -0.419. The van der Waals surface area contributed by atoms with Gasteiger partial charge in [0.05, 0.1) is 16.5 Å². The highest BCUT2D eigenvalue weighted by Gasteiger charge is 2.52. The van der Waals surface area contributed by atoms with E-state index in [1.807, 2.05) is 38.1 Å². The zero-order valence-corrected chi connectivity index (χ0v) is 24.4. The molecule has 2 saturated heterocycles. The summed E-state index contributed by atoms with van der Waals surface area (Å²) >= 11 is 15.9. The first-order chi connectivity index (χ1) is 17.5. The average Bonchev–Trinajstić information content (AvgIpc) is 2.82. The fourth-order valence-electron chi connectivity index (χ4n) is 4.73. The summed E-state index contributed by atoms with van der Waals surface area (Å²) in [5.41, 5.74) is 0.869. The van der Waals surface area contributed by atoms with Crippen molar-refractivity contribution in [2.24, 2.45) is 0 Å². The SMILES string of the molecule is CC(=O)NC1CN(S(=O)c2ccc(Cl)cc2Cl)C2CN(C(C)C)C(=O)C(Cc3ccc(Br)cc3)N2C1=O. The lowest BCUT2D eigenvalue weighted by Crippen LogP contribution is -2.76. The largest absolute Gasteiger partial charge is 0.343 e. The van der Waals surface area contributed by atoms with E-state index in [1.165, 1.54) is 17.9 Å². The summed E-state index contributed by atoms with van der Waals surface area (Å²) in [6, 6.07) is 10.3. The van der Waals surface area contributed by atoms with E-state index in [0.29, 0.717) is 9.92 Å². The molecule has 0 bridgehead atoms. The predicted molar refractivity (Wildman–Crippen MR) is 146 cm³/mol. The Balaban J connectivity index is 1.79. The van der Waals surface area contributed by atoms with Crippen molar-refractivity contribution in [1.82, 2.24) is 19.4 Å². The van der Waals surface area contributed by atoms with Crippen molar-refractivity contribution in [2.75, 3.05) is 13.1 Å². The van der Waals surface area contributed by atoms with Crippen LogP contribution in [0.25, 0.3) is 0 Å². The number of benzene rings is 2. The van der Waals surface area contributed by atoms with Crippen LogP contribution in [0, 0.1) is 0 Å². The van der Waals surface area contributed by atoms with Crippen LogP contribution < -0.4 is 5.32 Å². The minimum Gasteiger partial charge on any atom is -0.343 e. The highest BCUT2D eigenvalue weighted by Crippen LogP contribution is 2.33. The van der Waals surface area contributed by atoms with Crippen LogP contribution in [-0.2, 0) is 31.8 Å². The minimum atomic E-state index is -1.81. The summed E-state index contributed by atoms with van der Waals surface area (Å²) in [6.45, 7) is 5.30. The summed E-state index contributed by atoms with van der Waals surface area (Å²) < 4.78 is 16.5. The molecule has 2 aromatic carbocycles. The Hall–Kier alpha value is -1.98. The summed E-state index contributed by atoms with van der Waals surface area (Å²) in [5.74, 6) is -0.973. The molecule has 12 heteroatoms. The van der Waals surface area contributed by atoms with Gasteiger partial charge in [0, 0.05) is 35.4 Å². The number of amides is 3. The van der Waals surface area contributed by atoms with Gasteiger partial charge in [-0.3, -0.25) is 14.4 Å². The van der Waals surface area contributed by atoms with E-state index in [4.69, 9.17) is 23.2 Å². The van der Waals surface area contributed by atoms with Gasteiger partial charge >= 0.3 is 0 Å². The van der Waals surface area contributed by atoms with Crippen molar-refractivity contribution in [2.45, 2.75) is 56.4 Å². The van der Waals surface area contributed by atoms with Crippen LogP contribution in [-0.4, -0.2) is 73.4 Å². The first-order valence-corrected chi connectivity index (χ1v) is 14.4. The number of fused-ring (bicyclic) bond motifs is 1. The summed E-state index contributed by atoms with van der Waals surface area (Å²) in [4.78, 5) is 43.0. The van der Waals surface area contributed by atoms with Gasteiger partial charge in [0.25, 0.3) is 0 Å². The first-order valence-electron chi connectivity index (χ1n) is 11.8. The molecule has 0 radical (unpaired) electrons. The molecule has 0 aromatic heterocycles. The monoisotopic (exact) mass is 628 g/mol. The number of nitrogens with zero attached hydrogens (tertiary/aromatic N) is 3. The van der Waals surface area contributed by atoms with Crippen molar-refractivity contribution >= 4 is 67.8 Å². The molecule has 2 aromatic rings. The Bertz CT molecular complexity index is 1250. The number of carbonyl (C=O) groups is 3. The molecule has 0 saturated carbocycles. The van der Waals surface area contributed by atoms with Gasteiger partial charge < -0.3 is 15.1 Å². The smallest absolute Gasteiger partial charge is 0.248 e. The second-order valence-corrected chi connectivity index (χ2v) is 12.5. The molecular weight excluding hydrogens is 603 g/mol. The molecule has 37 heavy (non-hydrogen) atoms. The van der Waals surface area contributed by atoms with Gasteiger partial charge in [-0.2, -0.15) is 4.31 Å². The lowest BCUT2D eigenvalue weighted by atomic mass is 9.96. The third-order valence-corrected chi connectivity index (χ3v) is 9.21. The van der Waals surface area contributed by atoms with Crippen molar-refractivity contribution in [3.63, 3.8) is 0 Å². The average molecular weight is 630 g/mol. The van der Waals surface area contributed by atoms with E-state index < -0.39 is 35.1 Å². The number of carbonyl (C=O) groups excluding carboxylic acids is 3. The second kappa shape index (κ2) is 11.4. The Kier molecular flexibility index (Phi) is 8.65. The van der Waals surface area contributed by atoms with Crippen LogP contribution in [0.4, 0.5) is 0 Å². The third-order valence-electron chi connectivity index (χ3n) is 6.47. The van der Waals surface area contributed by atoms with Crippen molar-refractivity contribution in [3.05, 3.63) is 62.5 Å². The molecule has 0 spiro atoms. The lowest BCUT2D eigenvalue weighted by molar-refractivity contribution is -0.168. The fraction of sp³-hybridized carbons (Fsp3) is 0.400. The number of hydrogen-bond donors (Lipinski definition) is 1. The molecule has 0 aliphatic carbocycles. The third kappa shape index (κ3) is 5.88. The van der Waals surface area contributed by atoms with Gasteiger partial charge in [-0.05, 0) is 49.7 Å². The van der Waals surface area contributed by atoms with Crippen LogP contribution in [0.15, 0.2) is 51.8 Å². The van der Waals surface area contributed by atoms with E-state index in [0.717, 1.165) is 10.0 Å². The van der Waals surface area contributed by atoms with E-state index in [9.17, 15) is 18.6 Å². The van der Waals surface area contributed by atoms with Crippen LogP contribution >= 0.6 is 39.1 Å². The highest BCUT2D eigenvalue weighted by atomic mass is 79.9. The lowest BCUT2D eigenvalue weighted by Gasteiger charge is -2.54. The number of rotatable bonds is 6. The summed E-state index contributed by atoms with van der Waals surface area (Å²) in [7, 11) is -1.81. The molecule has 2 heterocycles. The predicted octanol–water partition coefficient (Wildman–Crippen LogP) is 3.62. The molecule has 2 fully saturated rings. The summed E-state index contributed by atoms with van der Waals surface area (Å²) in [5, 5.41) is 3.30. The van der Waals surface area contributed by atoms with Gasteiger partial charge in [0.15, 0.2) is 0 Å². The molecule has 1 N–H and O–H groups in total. The second-order valence-electron chi connectivity index (χ2n) is 9.33. The molecule has 4 rings (SSSR count). The van der Waals surface area contributed by atoms with Gasteiger partial charge in [-0.25, -0.2) is 4.21 Å². The molecule has 4 atom stereocenters. The van der Waals surface area contributed by atoms with Gasteiger partial charge in [0.1, 0.15) is 29.2 Å². The van der Waals surface area contributed by atoms with Crippen molar-refractivity contribution < 1.29 is 18.6 Å². The van der Waals surface area contributed by atoms with Crippen molar-refractivity contribution in [3.8, 4) is 0 Å². The maximum absolute atomic E-state index is 13.9. The molecule has 2 aliphatic heterocycles. The normalized spacial score (nSPS) is 23.3. The van der Waals surface area contributed by atoms with Crippen LogP contribution in [0.5, 0.6) is 0 Å². The number of nitrogens with one attached hydrogen (secondary N) is 1. The topological polar surface area (TPSA) is 90.0 Å². The maximum Gasteiger partial charge on any atom is 0.248 e. The molecule has 3 amide bonds. The molecule has 2 aliphatic rings. The van der Waals surface area contributed by atoms with E-state index in [2.05, 4.69) is 21.2 Å². The Labute approximate surface area is 237 Å². The Morgan fingerprint density at radius 2 is 1.78 bits per heavy atom. The van der Waals surface area contributed by atoms with Crippen LogP contribution in [0.3, 0.4) is 0 Å². The number of piperazine rings is 1. The van der Waals surface area contributed by atoms with Gasteiger partial charge in [-0.1, -0.05) is 51.3 Å². The molecule has 8 nitrogen and oxygen atoms in total. The fourth-order valence-corrected chi connectivity index (χ4v) is 6.94. The van der Waals surface area contributed by atoms with E-state index in [1.54, 1.807) is 21.3 Å². The standard InChI is InChI=1S/C25H27BrCl2N4O4S/c1-14(2)30-13-23-31(37(36)22-9-8-18(27)11-19(22)28)12-20(29-15(3)33)24(34)32(23)21(25(30)35)10-16-4-6-17(26)7-5-16/h4-9,11,14,20-21,23H,10,12-13H2,1-3H3,(H,29,33). The zero-order chi connectivity index (χ0) is 27.0. The molecular formula is C25H27BrCl2N4O4S. The maximum atomic E-state index is 13.9. The minimum absolute atomic E-state index is 0.00369. The van der Waals surface area contributed by atoms with Crippen LogP contribution in [0.2, 0.25) is 10.0 Å². The molecule has 198 valence electrons. The van der Waals surface area contributed by atoms with Gasteiger partial charge in [-0.15, -0.1) is 0 Å². The first kappa shape index (κ1) is 28.0. The van der Waals surface area contributed by atoms with Crippen molar-refractivity contribution in [1.29, 1.82) is 0 Å². The molecule has 4 unspecified atom stereocenters. The Morgan fingerprint density at radius 3 is 2.38 bits per heavy atom. The number of hydrogen-bond acceptors (Lipinski definition) is 4. The zero-order valence-electron chi connectivity index (χ0n) is 20.5. The quantitative estimate of drug-likeness (QED) is 0.529. The Morgan fingerprint density at radius 1 is 1.11 bits per heavy atom. The van der Waals surface area contributed by atoms with Gasteiger partial charge in [0.2, 0.25) is 17.7 Å².